The van der Waals surface area contributed by atoms with Crippen molar-refractivity contribution in [1.82, 2.24) is 10.2 Å². The summed E-state index contributed by atoms with van der Waals surface area (Å²) in [6.45, 7) is 7.28. The minimum absolute atomic E-state index is 0.0799. The van der Waals surface area contributed by atoms with Crippen molar-refractivity contribution in [3.63, 3.8) is 0 Å². The molecule has 0 aliphatic rings. The van der Waals surface area contributed by atoms with Crippen LogP contribution in [0.1, 0.15) is 42.5 Å². The molecular formula is C36H40BrN3O4S. The highest BCUT2D eigenvalue weighted by atomic mass is 79.9. The molecule has 0 aliphatic carbocycles. The van der Waals surface area contributed by atoms with E-state index in [2.05, 4.69) is 21.2 Å². The molecule has 0 fully saturated rings. The standard InChI is InChI=1S/C36H40BrN3O4S/c1-5-28(4)38-36(42)34(23-29-12-7-6-8-13-29)39(24-30-14-10-15-31(37)22-30)35(41)25-40(32-16-9-11-27(3)21-32)45(43,44)33-19-17-26(2)18-20-33/h6-22,28,34H,5,23-25H2,1-4H3,(H,38,42)/t28-,34-/m1/s1. The third-order valence-corrected chi connectivity index (χ3v) is 9.97. The lowest BCUT2D eigenvalue weighted by Gasteiger charge is -2.34. The average molecular weight is 691 g/mol. The van der Waals surface area contributed by atoms with Gasteiger partial charge in [-0.15, -0.1) is 0 Å². The summed E-state index contributed by atoms with van der Waals surface area (Å²) in [6.07, 6.45) is 0.983. The van der Waals surface area contributed by atoms with Gasteiger partial charge >= 0.3 is 0 Å². The smallest absolute Gasteiger partial charge is 0.264 e. The van der Waals surface area contributed by atoms with Gasteiger partial charge in [-0.3, -0.25) is 13.9 Å². The molecule has 0 saturated carbocycles. The highest BCUT2D eigenvalue weighted by molar-refractivity contribution is 9.10. The highest BCUT2D eigenvalue weighted by Gasteiger charge is 2.35. The Bertz CT molecular complexity index is 1710. The van der Waals surface area contributed by atoms with Crippen LogP contribution in [0.25, 0.3) is 0 Å². The molecule has 0 spiro atoms. The second-order valence-electron chi connectivity index (χ2n) is 11.3. The van der Waals surface area contributed by atoms with Crippen LogP contribution in [0, 0.1) is 13.8 Å². The van der Waals surface area contributed by atoms with Crippen molar-refractivity contribution in [2.24, 2.45) is 0 Å². The van der Waals surface area contributed by atoms with E-state index in [0.717, 1.165) is 37.5 Å². The molecule has 4 rings (SSSR count). The molecule has 2 amide bonds. The van der Waals surface area contributed by atoms with Crippen molar-refractivity contribution in [2.45, 2.75) is 64.1 Å². The first-order valence-corrected chi connectivity index (χ1v) is 17.3. The molecular weight excluding hydrogens is 650 g/mol. The van der Waals surface area contributed by atoms with Gasteiger partial charge in [0.2, 0.25) is 11.8 Å². The number of hydrogen-bond acceptors (Lipinski definition) is 4. The van der Waals surface area contributed by atoms with Crippen molar-refractivity contribution >= 4 is 43.5 Å². The minimum Gasteiger partial charge on any atom is -0.352 e. The number of anilines is 1. The number of aryl methyl sites for hydroxylation is 2. The molecule has 0 bridgehead atoms. The monoisotopic (exact) mass is 689 g/mol. The lowest BCUT2D eigenvalue weighted by Crippen LogP contribution is -2.54. The molecule has 0 unspecified atom stereocenters. The maximum atomic E-state index is 14.6. The lowest BCUT2D eigenvalue weighted by molar-refractivity contribution is -0.140. The third kappa shape index (κ3) is 9.05. The first-order chi connectivity index (χ1) is 21.5. The number of carbonyl (C=O) groups excluding carboxylic acids is 2. The topological polar surface area (TPSA) is 86.8 Å². The first-order valence-electron chi connectivity index (χ1n) is 15.0. The summed E-state index contributed by atoms with van der Waals surface area (Å²) in [5.74, 6) is -0.785. The SMILES string of the molecule is CC[C@@H](C)NC(=O)[C@@H](Cc1ccccc1)N(Cc1cccc(Br)c1)C(=O)CN(c1cccc(C)c1)S(=O)(=O)c1ccc(C)cc1. The quantitative estimate of drug-likeness (QED) is 0.167. The van der Waals surface area contributed by atoms with Crippen LogP contribution in [-0.2, 0) is 32.6 Å². The van der Waals surface area contributed by atoms with Crippen molar-refractivity contribution in [2.75, 3.05) is 10.8 Å². The molecule has 1 N–H and O–H groups in total. The summed E-state index contributed by atoms with van der Waals surface area (Å²) in [5, 5.41) is 3.06. The molecule has 7 nitrogen and oxygen atoms in total. The molecule has 4 aromatic rings. The van der Waals surface area contributed by atoms with Crippen LogP contribution < -0.4 is 9.62 Å². The summed E-state index contributed by atoms with van der Waals surface area (Å²) in [4.78, 5) is 30.1. The number of carbonyl (C=O) groups is 2. The van der Waals surface area contributed by atoms with E-state index in [9.17, 15) is 18.0 Å². The fourth-order valence-corrected chi connectivity index (χ4v) is 6.83. The fraction of sp³-hybridized carbons (Fsp3) is 0.278. The maximum Gasteiger partial charge on any atom is 0.264 e. The molecule has 0 aromatic heterocycles. The number of amides is 2. The van der Waals surface area contributed by atoms with Crippen LogP contribution in [0.5, 0.6) is 0 Å². The molecule has 0 radical (unpaired) electrons. The van der Waals surface area contributed by atoms with Crippen LogP contribution in [0.15, 0.2) is 112 Å². The second kappa shape index (κ2) is 15.4. The van der Waals surface area contributed by atoms with Gasteiger partial charge in [0.1, 0.15) is 12.6 Å². The Morgan fingerprint density at radius 2 is 1.49 bits per heavy atom. The van der Waals surface area contributed by atoms with E-state index >= 15 is 0 Å². The first kappa shape index (κ1) is 33.9. The number of nitrogens with zero attached hydrogens (tertiary/aromatic N) is 2. The van der Waals surface area contributed by atoms with Gasteiger partial charge < -0.3 is 10.2 Å². The molecule has 236 valence electrons. The largest absolute Gasteiger partial charge is 0.352 e. The number of halogens is 1. The third-order valence-electron chi connectivity index (χ3n) is 7.69. The van der Waals surface area contributed by atoms with E-state index in [4.69, 9.17) is 0 Å². The summed E-state index contributed by atoms with van der Waals surface area (Å²) in [7, 11) is -4.15. The van der Waals surface area contributed by atoms with Gasteiger partial charge in [-0.2, -0.15) is 0 Å². The van der Waals surface area contributed by atoms with Crippen LogP contribution in [-0.4, -0.2) is 43.8 Å². The summed E-state index contributed by atoms with van der Waals surface area (Å²) >= 11 is 3.52. The van der Waals surface area contributed by atoms with Gasteiger partial charge in [0.25, 0.3) is 10.0 Å². The van der Waals surface area contributed by atoms with Gasteiger partial charge in [-0.05, 0) is 80.3 Å². The van der Waals surface area contributed by atoms with E-state index in [1.807, 2.05) is 88.4 Å². The number of sulfonamides is 1. The van der Waals surface area contributed by atoms with Crippen molar-refractivity contribution in [1.29, 1.82) is 0 Å². The maximum absolute atomic E-state index is 14.6. The van der Waals surface area contributed by atoms with Gasteiger partial charge in [-0.1, -0.05) is 95.1 Å². The predicted octanol–water partition coefficient (Wildman–Crippen LogP) is 6.82. The molecule has 0 aliphatic heterocycles. The molecule has 2 atom stereocenters. The van der Waals surface area contributed by atoms with Crippen LogP contribution in [0.3, 0.4) is 0 Å². The zero-order valence-electron chi connectivity index (χ0n) is 26.1. The van der Waals surface area contributed by atoms with Crippen molar-refractivity contribution in [3.8, 4) is 0 Å². The van der Waals surface area contributed by atoms with E-state index in [1.54, 1.807) is 42.5 Å². The normalized spacial score (nSPS) is 12.6. The number of rotatable bonds is 13. The van der Waals surface area contributed by atoms with Crippen LogP contribution in [0.2, 0.25) is 0 Å². The highest BCUT2D eigenvalue weighted by Crippen LogP contribution is 2.26. The van der Waals surface area contributed by atoms with Gasteiger partial charge in [0, 0.05) is 23.5 Å². The van der Waals surface area contributed by atoms with Crippen molar-refractivity contribution in [3.05, 3.63) is 130 Å². The number of hydrogen-bond donors (Lipinski definition) is 1. The Morgan fingerprint density at radius 3 is 2.13 bits per heavy atom. The van der Waals surface area contributed by atoms with Crippen LogP contribution in [0.4, 0.5) is 5.69 Å². The van der Waals surface area contributed by atoms with Gasteiger partial charge in [0.05, 0.1) is 10.6 Å². The van der Waals surface area contributed by atoms with Gasteiger partial charge in [0.15, 0.2) is 0 Å². The van der Waals surface area contributed by atoms with Gasteiger partial charge in [-0.25, -0.2) is 8.42 Å². The molecule has 45 heavy (non-hydrogen) atoms. The average Bonchev–Trinajstić information content (AvgIpc) is 3.02. The number of benzene rings is 4. The Labute approximate surface area is 275 Å². The lowest BCUT2D eigenvalue weighted by atomic mass is 10.0. The fourth-order valence-electron chi connectivity index (χ4n) is 4.98. The Hall–Kier alpha value is -3.95. The predicted molar refractivity (Wildman–Crippen MR) is 183 cm³/mol. The zero-order valence-corrected chi connectivity index (χ0v) is 28.5. The Morgan fingerprint density at radius 1 is 0.822 bits per heavy atom. The minimum atomic E-state index is -4.15. The molecule has 9 heteroatoms. The number of nitrogens with one attached hydrogen (secondary N) is 1. The van der Waals surface area contributed by atoms with E-state index in [0.29, 0.717) is 5.69 Å². The van der Waals surface area contributed by atoms with Crippen molar-refractivity contribution < 1.29 is 18.0 Å². The summed E-state index contributed by atoms with van der Waals surface area (Å²) < 4.78 is 30.3. The Kier molecular flexibility index (Phi) is 11.6. The van der Waals surface area contributed by atoms with E-state index in [-0.39, 0.29) is 29.8 Å². The molecule has 0 saturated heterocycles. The van der Waals surface area contributed by atoms with E-state index in [1.165, 1.54) is 4.90 Å². The summed E-state index contributed by atoms with van der Waals surface area (Å²) in [5.41, 5.74) is 3.83. The second-order valence-corrected chi connectivity index (χ2v) is 14.1. The Balaban J connectivity index is 1.81. The zero-order chi connectivity index (χ0) is 32.6. The molecule has 0 heterocycles. The molecule has 4 aromatic carbocycles. The van der Waals surface area contributed by atoms with Crippen LogP contribution >= 0.6 is 15.9 Å². The summed E-state index contributed by atoms with van der Waals surface area (Å²) in [6, 6.07) is 29.7. The van der Waals surface area contributed by atoms with E-state index < -0.39 is 28.5 Å².